The molecule has 7 aromatic carbocycles. The third-order valence-electron chi connectivity index (χ3n) is 14.5. The molecule has 0 N–H and O–H groups in total. The molecule has 0 bridgehead atoms. The van der Waals surface area contributed by atoms with E-state index >= 15 is 0 Å². The lowest BCUT2D eigenvalue weighted by Crippen LogP contribution is -2.59. The normalized spacial score (nSPS) is 13.8. The maximum Gasteiger partial charge on any atom is 0.277 e. The first-order valence-corrected chi connectivity index (χ1v) is 27.4. The highest BCUT2D eigenvalue weighted by Gasteiger charge is 2.48. The average molecular weight is 965 g/mol. The second kappa shape index (κ2) is 15.3. The second-order valence-corrected chi connectivity index (χ2v) is 26.6. The first-order valence-electron chi connectivity index (χ1n) is 24.2. The fourth-order valence-electron chi connectivity index (χ4n) is 10.7. The van der Waals surface area contributed by atoms with Crippen molar-refractivity contribution in [3.63, 3.8) is 0 Å². The van der Waals surface area contributed by atoms with Crippen molar-refractivity contribution in [1.29, 1.82) is 0 Å². The maximum absolute atomic E-state index is 2.65. The molecule has 0 atom stereocenters. The first-order chi connectivity index (χ1) is 33.1. The summed E-state index contributed by atoms with van der Waals surface area (Å²) in [5.41, 5.74) is 15.4. The zero-order chi connectivity index (χ0) is 47.3. The monoisotopic (exact) mass is 964 g/mol. The van der Waals surface area contributed by atoms with E-state index in [-0.39, 0.29) is 23.0 Å². The minimum Gasteiger partial charge on any atom is -0.310 e. The lowest BCUT2D eigenvalue weighted by Gasteiger charge is -2.43. The van der Waals surface area contributed by atoms with E-state index < -0.39 is 0 Å². The Bertz CT molecular complexity index is 3550. The molecule has 69 heavy (non-hydrogen) atoms. The number of benzene rings is 7. The van der Waals surface area contributed by atoms with E-state index in [0.717, 1.165) is 0 Å². The molecule has 0 saturated heterocycles. The van der Waals surface area contributed by atoms with Crippen molar-refractivity contribution in [1.82, 2.24) is 0 Å². The summed E-state index contributed by atoms with van der Waals surface area (Å²) in [4.78, 5) is 7.90. The van der Waals surface area contributed by atoms with Crippen LogP contribution in [0.15, 0.2) is 158 Å². The van der Waals surface area contributed by atoms with Crippen molar-refractivity contribution in [2.24, 2.45) is 0 Å². The van der Waals surface area contributed by atoms with Crippen molar-refractivity contribution in [2.45, 2.75) is 78.6 Å². The maximum atomic E-state index is 2.65. The molecular formula is C62H53BN2S4. The summed E-state index contributed by atoms with van der Waals surface area (Å²) >= 11 is 7.74. The summed E-state index contributed by atoms with van der Waals surface area (Å²) in [5, 5.41) is 5.27. The molecule has 0 aliphatic carbocycles. The molecule has 338 valence electrons. The Hall–Kier alpha value is -5.96. The largest absolute Gasteiger partial charge is 0.310 e. The topological polar surface area (TPSA) is 6.48 Å². The Labute approximate surface area is 422 Å². The van der Waals surface area contributed by atoms with Gasteiger partial charge in [-0.1, -0.05) is 135 Å². The van der Waals surface area contributed by atoms with Crippen molar-refractivity contribution < 1.29 is 0 Å². The van der Waals surface area contributed by atoms with Gasteiger partial charge in [0.2, 0.25) is 0 Å². The van der Waals surface area contributed by atoms with Crippen LogP contribution in [0.4, 0.5) is 34.1 Å². The Morgan fingerprint density at radius 2 is 0.783 bits per heavy atom. The molecule has 0 spiro atoms. The molecule has 0 unspecified atom stereocenters. The van der Waals surface area contributed by atoms with E-state index in [4.69, 9.17) is 0 Å². The van der Waals surface area contributed by atoms with Gasteiger partial charge in [0.1, 0.15) is 0 Å². The molecule has 0 saturated carbocycles. The minimum atomic E-state index is -0.124. The predicted molar refractivity (Wildman–Crippen MR) is 309 cm³/mol. The van der Waals surface area contributed by atoms with Crippen LogP contribution in [-0.2, 0) is 16.2 Å². The molecule has 4 aromatic heterocycles. The van der Waals surface area contributed by atoms with Gasteiger partial charge >= 0.3 is 0 Å². The number of fused-ring (bicyclic) bond motifs is 10. The Balaban J connectivity index is 1.09. The number of hydrogen-bond donors (Lipinski definition) is 0. The van der Waals surface area contributed by atoms with Gasteiger partial charge in [-0.25, -0.2) is 0 Å². The summed E-state index contributed by atoms with van der Waals surface area (Å²) in [7, 11) is 0. The summed E-state index contributed by atoms with van der Waals surface area (Å²) in [6, 6.07) is 60.7. The lowest BCUT2D eigenvalue weighted by molar-refractivity contribution is 0.590. The van der Waals surface area contributed by atoms with Gasteiger partial charge in [0, 0.05) is 71.6 Å². The van der Waals surface area contributed by atoms with Gasteiger partial charge in [0.25, 0.3) is 6.71 Å². The molecule has 13 rings (SSSR count). The quantitative estimate of drug-likeness (QED) is 0.162. The standard InChI is InChI=1S/C62H53BN2S4/c1-60(2,3)40-22-28-51-45(32-40)56-58(68-51)63-55-47(64(56)43-24-18-36(19-25-43)53-30-38-14-10-12-16-49(38)66-53)34-42(62(7,8)9)35-48(55)65(57-46-33-41(61(4,5)6)23-29-52(46)69-59(57)63)44-26-20-37(21-27-44)54-31-39-15-11-13-17-50(39)67-54/h10-35H,1-9H3. The summed E-state index contributed by atoms with van der Waals surface area (Å²) in [6.45, 7) is 21.2. The van der Waals surface area contributed by atoms with Crippen LogP contribution in [0.3, 0.4) is 0 Å². The number of thiophene rings is 4. The van der Waals surface area contributed by atoms with Crippen LogP contribution in [0, 0.1) is 0 Å². The molecular weight excluding hydrogens is 912 g/mol. The zero-order valence-corrected chi connectivity index (χ0v) is 43.9. The van der Waals surface area contributed by atoms with Crippen molar-refractivity contribution in [3.05, 3.63) is 174 Å². The molecule has 11 aromatic rings. The molecule has 0 amide bonds. The highest BCUT2D eigenvalue weighted by Crippen LogP contribution is 2.53. The van der Waals surface area contributed by atoms with Crippen molar-refractivity contribution in [3.8, 4) is 20.9 Å². The van der Waals surface area contributed by atoms with Gasteiger partial charge in [-0.2, -0.15) is 0 Å². The van der Waals surface area contributed by atoms with Gasteiger partial charge in [-0.3, -0.25) is 0 Å². The van der Waals surface area contributed by atoms with Crippen LogP contribution >= 0.6 is 45.3 Å². The highest BCUT2D eigenvalue weighted by atomic mass is 32.1. The van der Waals surface area contributed by atoms with Crippen LogP contribution in [0.5, 0.6) is 0 Å². The Morgan fingerprint density at radius 3 is 1.17 bits per heavy atom. The smallest absolute Gasteiger partial charge is 0.277 e. The fourth-order valence-corrected chi connectivity index (χ4v) is 15.5. The van der Waals surface area contributed by atoms with Crippen LogP contribution in [0.2, 0.25) is 0 Å². The van der Waals surface area contributed by atoms with Crippen LogP contribution in [0.25, 0.3) is 61.2 Å². The molecule has 0 radical (unpaired) electrons. The Morgan fingerprint density at radius 1 is 0.377 bits per heavy atom. The van der Waals surface area contributed by atoms with Crippen LogP contribution < -0.4 is 24.8 Å². The van der Waals surface area contributed by atoms with Gasteiger partial charge in [0.15, 0.2) is 0 Å². The number of nitrogens with zero attached hydrogens (tertiary/aromatic N) is 2. The second-order valence-electron chi connectivity index (χ2n) is 22.2. The van der Waals surface area contributed by atoms with E-state index in [1.165, 1.54) is 127 Å². The number of rotatable bonds is 4. The van der Waals surface area contributed by atoms with Crippen molar-refractivity contribution in [2.75, 3.05) is 9.80 Å². The van der Waals surface area contributed by atoms with Crippen LogP contribution in [0.1, 0.15) is 79.0 Å². The highest BCUT2D eigenvalue weighted by molar-refractivity contribution is 7.40. The van der Waals surface area contributed by atoms with Gasteiger partial charge in [-0.05, 0) is 145 Å². The fraction of sp³-hybridized carbons (Fsp3) is 0.194. The number of hydrogen-bond acceptors (Lipinski definition) is 6. The van der Waals surface area contributed by atoms with E-state index in [1.54, 1.807) is 0 Å². The molecule has 2 aliphatic heterocycles. The number of anilines is 6. The van der Waals surface area contributed by atoms with Crippen molar-refractivity contribution >= 4 is 142 Å². The van der Waals surface area contributed by atoms with E-state index in [0.29, 0.717) is 0 Å². The lowest BCUT2D eigenvalue weighted by atomic mass is 9.39. The first kappa shape index (κ1) is 43.1. The van der Waals surface area contributed by atoms with Gasteiger partial charge < -0.3 is 9.80 Å². The van der Waals surface area contributed by atoms with E-state index in [1.807, 2.05) is 45.3 Å². The molecule has 7 heteroatoms. The summed E-state index contributed by atoms with van der Waals surface area (Å²) in [5.74, 6) is 0. The third-order valence-corrected chi connectivity index (χ3v) is 19.3. The van der Waals surface area contributed by atoms with Gasteiger partial charge in [-0.15, -0.1) is 45.3 Å². The molecule has 2 nitrogen and oxygen atoms in total. The van der Waals surface area contributed by atoms with Crippen LogP contribution in [-0.4, -0.2) is 6.71 Å². The molecule has 0 fully saturated rings. The SMILES string of the molecule is CC(C)(C)c1cc2c3c(c1)N(c1ccc(-c4cc5ccccc5s4)cc1)c1c(sc4ccc(C(C)(C)C)cc14)B3c1sc3ccc(C(C)(C)C)cc3c1N2c1ccc(-c2cc3ccccc3s2)cc1. The predicted octanol–water partition coefficient (Wildman–Crippen LogP) is 17.9. The van der Waals surface area contributed by atoms with E-state index in [2.05, 4.69) is 230 Å². The Kier molecular flexibility index (Phi) is 9.54. The minimum absolute atomic E-state index is 0.000152. The molecule has 2 aliphatic rings. The third kappa shape index (κ3) is 6.90. The zero-order valence-electron chi connectivity index (χ0n) is 40.6. The summed E-state index contributed by atoms with van der Waals surface area (Å²) in [6.07, 6.45) is 0. The average Bonchev–Trinajstić information content (AvgIpc) is 4.13. The summed E-state index contributed by atoms with van der Waals surface area (Å²) < 4.78 is 8.16. The van der Waals surface area contributed by atoms with E-state index in [9.17, 15) is 0 Å². The van der Waals surface area contributed by atoms with Gasteiger partial charge in [0.05, 0.1) is 11.4 Å². The molecule has 6 heterocycles.